The molecular formula is C15H25NO. The lowest BCUT2D eigenvalue weighted by atomic mass is 10.1. The molecule has 0 saturated carbocycles. The summed E-state index contributed by atoms with van der Waals surface area (Å²) in [7, 11) is 0. The average molecular weight is 235 g/mol. The first-order valence-corrected chi connectivity index (χ1v) is 6.55. The predicted octanol–water partition coefficient (Wildman–Crippen LogP) is 3.18. The molecule has 0 aromatic carbocycles. The van der Waals surface area contributed by atoms with Gasteiger partial charge in [0.2, 0.25) is 0 Å². The molecule has 1 heterocycles. The van der Waals surface area contributed by atoms with Crippen LogP contribution in [0, 0.1) is 0 Å². The van der Waals surface area contributed by atoms with Gasteiger partial charge in [0.1, 0.15) is 0 Å². The van der Waals surface area contributed by atoms with Gasteiger partial charge in [-0.2, -0.15) is 0 Å². The topological polar surface area (TPSA) is 12.5 Å². The van der Waals surface area contributed by atoms with Crippen LogP contribution in [0.1, 0.15) is 26.7 Å². The van der Waals surface area contributed by atoms with E-state index in [0.717, 1.165) is 32.8 Å². The molecule has 0 bridgehead atoms. The number of nitrogens with zero attached hydrogens (tertiary/aromatic N) is 1. The standard InChI is InChI=1S/C15H25NO/c1-4-6-14(3)7-8-15(5-2)13-16-9-11-17-12-10-16/h5,7-8H,2,4,6,9-13H2,1,3H3/b14-7+,15-8+. The Morgan fingerprint density at radius 1 is 1.29 bits per heavy atom. The molecule has 2 nitrogen and oxygen atoms in total. The van der Waals surface area contributed by atoms with Gasteiger partial charge in [0.15, 0.2) is 0 Å². The van der Waals surface area contributed by atoms with Gasteiger partial charge >= 0.3 is 0 Å². The lowest BCUT2D eigenvalue weighted by Crippen LogP contribution is -2.37. The summed E-state index contributed by atoms with van der Waals surface area (Å²) in [5, 5.41) is 0. The zero-order valence-electron chi connectivity index (χ0n) is 11.2. The number of hydrogen-bond acceptors (Lipinski definition) is 2. The summed E-state index contributed by atoms with van der Waals surface area (Å²) in [6, 6.07) is 0. The van der Waals surface area contributed by atoms with Gasteiger partial charge in [0, 0.05) is 19.6 Å². The number of ether oxygens (including phenoxy) is 1. The summed E-state index contributed by atoms with van der Waals surface area (Å²) in [5.41, 5.74) is 2.73. The van der Waals surface area contributed by atoms with Crippen LogP contribution in [0.2, 0.25) is 0 Å². The van der Waals surface area contributed by atoms with Crippen LogP contribution in [-0.4, -0.2) is 37.7 Å². The summed E-state index contributed by atoms with van der Waals surface area (Å²) in [4.78, 5) is 2.42. The Morgan fingerprint density at radius 3 is 2.59 bits per heavy atom. The maximum atomic E-state index is 5.35. The van der Waals surface area contributed by atoms with E-state index in [2.05, 4.69) is 37.5 Å². The van der Waals surface area contributed by atoms with Crippen LogP contribution in [0.25, 0.3) is 0 Å². The molecule has 0 spiro atoms. The second-order valence-electron chi connectivity index (χ2n) is 4.60. The normalized spacial score (nSPS) is 19.4. The van der Waals surface area contributed by atoms with Crippen molar-refractivity contribution < 1.29 is 4.74 Å². The molecule has 1 aliphatic rings. The third-order valence-electron chi connectivity index (χ3n) is 3.00. The molecule has 1 aliphatic heterocycles. The van der Waals surface area contributed by atoms with E-state index in [0.29, 0.717) is 0 Å². The van der Waals surface area contributed by atoms with Crippen molar-refractivity contribution in [3.63, 3.8) is 0 Å². The van der Waals surface area contributed by atoms with Gasteiger partial charge < -0.3 is 4.74 Å². The third kappa shape index (κ3) is 5.85. The van der Waals surface area contributed by atoms with E-state index in [4.69, 9.17) is 4.74 Å². The quantitative estimate of drug-likeness (QED) is 0.656. The minimum Gasteiger partial charge on any atom is -0.379 e. The van der Waals surface area contributed by atoms with E-state index in [-0.39, 0.29) is 0 Å². The predicted molar refractivity (Wildman–Crippen MR) is 74.2 cm³/mol. The fourth-order valence-corrected chi connectivity index (χ4v) is 1.93. The summed E-state index contributed by atoms with van der Waals surface area (Å²) < 4.78 is 5.35. The summed E-state index contributed by atoms with van der Waals surface area (Å²) in [6.45, 7) is 13.1. The molecule has 0 aromatic rings. The van der Waals surface area contributed by atoms with E-state index in [9.17, 15) is 0 Å². The molecule has 0 N–H and O–H groups in total. The maximum Gasteiger partial charge on any atom is 0.0594 e. The zero-order chi connectivity index (χ0) is 12.5. The van der Waals surface area contributed by atoms with Crippen molar-refractivity contribution in [2.24, 2.45) is 0 Å². The molecule has 0 aromatic heterocycles. The molecule has 1 rings (SSSR count). The minimum atomic E-state index is 0.856. The molecule has 0 aliphatic carbocycles. The van der Waals surface area contributed by atoms with Crippen LogP contribution in [0.3, 0.4) is 0 Å². The monoisotopic (exact) mass is 235 g/mol. The number of allylic oxidation sites excluding steroid dienone is 3. The van der Waals surface area contributed by atoms with E-state index in [1.807, 2.05) is 6.08 Å². The van der Waals surface area contributed by atoms with Crippen molar-refractivity contribution in [2.75, 3.05) is 32.8 Å². The highest BCUT2D eigenvalue weighted by Crippen LogP contribution is 2.07. The fraction of sp³-hybridized carbons (Fsp3) is 0.600. The summed E-state index contributed by atoms with van der Waals surface area (Å²) >= 11 is 0. The number of hydrogen-bond donors (Lipinski definition) is 0. The largest absolute Gasteiger partial charge is 0.379 e. The van der Waals surface area contributed by atoms with Gasteiger partial charge in [-0.15, -0.1) is 0 Å². The molecule has 0 radical (unpaired) electrons. The smallest absolute Gasteiger partial charge is 0.0594 e. The summed E-state index contributed by atoms with van der Waals surface area (Å²) in [5.74, 6) is 0. The van der Waals surface area contributed by atoms with Gasteiger partial charge in [-0.1, -0.05) is 43.7 Å². The van der Waals surface area contributed by atoms with Crippen molar-refractivity contribution in [2.45, 2.75) is 26.7 Å². The second kappa shape index (κ2) is 8.26. The first-order chi connectivity index (χ1) is 8.26. The van der Waals surface area contributed by atoms with Crippen LogP contribution < -0.4 is 0 Å². The van der Waals surface area contributed by atoms with Crippen molar-refractivity contribution in [3.8, 4) is 0 Å². The van der Waals surface area contributed by atoms with E-state index in [1.165, 1.54) is 24.0 Å². The first kappa shape index (κ1) is 14.2. The third-order valence-corrected chi connectivity index (χ3v) is 3.00. The Morgan fingerprint density at radius 2 is 2.00 bits per heavy atom. The van der Waals surface area contributed by atoms with Crippen LogP contribution in [0.5, 0.6) is 0 Å². The van der Waals surface area contributed by atoms with Gasteiger partial charge in [0.25, 0.3) is 0 Å². The molecular weight excluding hydrogens is 210 g/mol. The Balaban J connectivity index is 2.48. The van der Waals surface area contributed by atoms with Gasteiger partial charge in [0.05, 0.1) is 13.2 Å². The molecule has 1 fully saturated rings. The minimum absolute atomic E-state index is 0.856. The van der Waals surface area contributed by atoms with Crippen molar-refractivity contribution in [1.29, 1.82) is 0 Å². The van der Waals surface area contributed by atoms with E-state index >= 15 is 0 Å². The molecule has 1 saturated heterocycles. The molecule has 0 amide bonds. The SMILES string of the molecule is C=C/C(=C\C=C(/C)CCC)CN1CCOCC1. The lowest BCUT2D eigenvalue weighted by molar-refractivity contribution is 0.0426. The average Bonchev–Trinajstić information content (AvgIpc) is 2.36. The highest BCUT2D eigenvalue weighted by atomic mass is 16.5. The van der Waals surface area contributed by atoms with Gasteiger partial charge in [-0.25, -0.2) is 0 Å². The Labute approximate surface area is 106 Å². The van der Waals surface area contributed by atoms with Crippen molar-refractivity contribution in [3.05, 3.63) is 36.0 Å². The van der Waals surface area contributed by atoms with E-state index < -0.39 is 0 Å². The Bertz CT molecular complexity index is 285. The molecule has 96 valence electrons. The first-order valence-electron chi connectivity index (χ1n) is 6.55. The Hall–Kier alpha value is -0.860. The maximum absolute atomic E-state index is 5.35. The second-order valence-corrected chi connectivity index (χ2v) is 4.60. The highest BCUT2D eigenvalue weighted by molar-refractivity contribution is 5.25. The fourth-order valence-electron chi connectivity index (χ4n) is 1.93. The molecule has 2 heteroatoms. The molecule has 0 atom stereocenters. The highest BCUT2D eigenvalue weighted by Gasteiger charge is 2.10. The zero-order valence-corrected chi connectivity index (χ0v) is 11.2. The number of rotatable bonds is 6. The van der Waals surface area contributed by atoms with E-state index in [1.54, 1.807) is 0 Å². The molecule has 0 unspecified atom stereocenters. The Kier molecular flexibility index (Phi) is 6.90. The summed E-state index contributed by atoms with van der Waals surface area (Å²) in [6.07, 6.45) is 8.78. The van der Waals surface area contributed by atoms with Crippen LogP contribution in [0.4, 0.5) is 0 Å². The molecule has 17 heavy (non-hydrogen) atoms. The van der Waals surface area contributed by atoms with Crippen LogP contribution in [-0.2, 0) is 4.74 Å². The van der Waals surface area contributed by atoms with Gasteiger partial charge in [-0.3, -0.25) is 4.90 Å². The van der Waals surface area contributed by atoms with Crippen LogP contribution in [0.15, 0.2) is 36.0 Å². The van der Waals surface area contributed by atoms with Crippen molar-refractivity contribution >= 4 is 0 Å². The number of morpholine rings is 1. The van der Waals surface area contributed by atoms with Crippen molar-refractivity contribution in [1.82, 2.24) is 4.90 Å². The van der Waals surface area contributed by atoms with Crippen LogP contribution >= 0.6 is 0 Å². The lowest BCUT2D eigenvalue weighted by Gasteiger charge is -2.26. The van der Waals surface area contributed by atoms with Gasteiger partial charge in [-0.05, 0) is 18.9 Å².